The highest BCUT2D eigenvalue weighted by molar-refractivity contribution is 5.88. The molecule has 144 valence electrons. The van der Waals surface area contributed by atoms with Crippen molar-refractivity contribution in [2.45, 2.75) is 25.3 Å². The fourth-order valence-electron chi connectivity index (χ4n) is 3.59. The largest absolute Gasteiger partial charge is 0.351 e. The van der Waals surface area contributed by atoms with Gasteiger partial charge in [-0.25, -0.2) is 4.39 Å². The maximum Gasteiger partial charge on any atom is 0.226 e. The van der Waals surface area contributed by atoms with Crippen molar-refractivity contribution in [1.82, 2.24) is 20.4 Å². The number of amides is 2. The summed E-state index contributed by atoms with van der Waals surface area (Å²) in [7, 11) is 0. The van der Waals surface area contributed by atoms with Gasteiger partial charge in [0.2, 0.25) is 11.8 Å². The van der Waals surface area contributed by atoms with E-state index in [2.05, 4.69) is 15.5 Å². The molecule has 1 fully saturated rings. The normalized spacial score (nSPS) is 16.7. The van der Waals surface area contributed by atoms with Crippen LogP contribution in [0.4, 0.5) is 4.39 Å². The van der Waals surface area contributed by atoms with Crippen molar-refractivity contribution >= 4 is 22.7 Å². The average molecular weight is 380 g/mol. The van der Waals surface area contributed by atoms with E-state index in [9.17, 15) is 14.0 Å². The Kier molecular flexibility index (Phi) is 5.06. The van der Waals surface area contributed by atoms with Crippen molar-refractivity contribution in [3.63, 3.8) is 0 Å². The smallest absolute Gasteiger partial charge is 0.226 e. The predicted molar refractivity (Wildman–Crippen MR) is 103 cm³/mol. The summed E-state index contributed by atoms with van der Waals surface area (Å²) in [5.41, 5.74) is 2.58. The van der Waals surface area contributed by atoms with E-state index in [1.54, 1.807) is 17.0 Å². The Morgan fingerprint density at radius 3 is 2.82 bits per heavy atom. The standard InChI is InChI=1S/C21H21FN4O2/c22-15-7-5-14(6-8-15)9-10-26-13-16(11-21(26)28)23-20(27)12-19-17-3-1-2-4-18(17)24-25-19/h1-8,16H,9-13H2,(H,23,27)(H,24,25)/t16-/m1/s1. The average Bonchev–Trinajstić information content (AvgIpc) is 3.24. The van der Waals surface area contributed by atoms with Gasteiger partial charge in [-0.05, 0) is 30.2 Å². The molecular formula is C21H21FN4O2. The second kappa shape index (κ2) is 7.80. The summed E-state index contributed by atoms with van der Waals surface area (Å²) in [4.78, 5) is 26.4. The van der Waals surface area contributed by atoms with Gasteiger partial charge in [-0.1, -0.05) is 30.3 Å². The van der Waals surface area contributed by atoms with E-state index in [0.717, 1.165) is 22.2 Å². The Balaban J connectivity index is 1.30. The molecule has 28 heavy (non-hydrogen) atoms. The number of hydrogen-bond donors (Lipinski definition) is 2. The number of para-hydroxylation sites is 1. The van der Waals surface area contributed by atoms with Crippen molar-refractivity contribution in [1.29, 1.82) is 0 Å². The molecule has 7 heteroatoms. The van der Waals surface area contributed by atoms with Crippen molar-refractivity contribution in [3.05, 3.63) is 65.6 Å². The number of hydrogen-bond acceptors (Lipinski definition) is 3. The first-order chi connectivity index (χ1) is 13.6. The maximum absolute atomic E-state index is 13.0. The topological polar surface area (TPSA) is 78.1 Å². The van der Waals surface area contributed by atoms with E-state index in [1.807, 2.05) is 24.3 Å². The fraction of sp³-hybridized carbons (Fsp3) is 0.286. The minimum absolute atomic E-state index is 0.0272. The van der Waals surface area contributed by atoms with E-state index in [4.69, 9.17) is 0 Å². The molecular weight excluding hydrogens is 359 g/mol. The third-order valence-electron chi connectivity index (χ3n) is 5.04. The number of nitrogens with zero attached hydrogens (tertiary/aromatic N) is 2. The monoisotopic (exact) mass is 380 g/mol. The van der Waals surface area contributed by atoms with E-state index in [0.29, 0.717) is 25.9 Å². The number of halogens is 1. The quantitative estimate of drug-likeness (QED) is 0.688. The van der Waals surface area contributed by atoms with Gasteiger partial charge in [0, 0.05) is 24.9 Å². The highest BCUT2D eigenvalue weighted by atomic mass is 19.1. The summed E-state index contributed by atoms with van der Waals surface area (Å²) in [6, 6.07) is 13.7. The van der Waals surface area contributed by atoms with Crippen LogP contribution in [0.5, 0.6) is 0 Å². The number of aromatic nitrogens is 2. The van der Waals surface area contributed by atoms with Crippen LogP contribution in [-0.4, -0.2) is 46.0 Å². The number of benzene rings is 2. The molecule has 0 spiro atoms. The first-order valence-electron chi connectivity index (χ1n) is 9.32. The lowest BCUT2D eigenvalue weighted by Gasteiger charge is -2.17. The minimum Gasteiger partial charge on any atom is -0.351 e. The summed E-state index contributed by atoms with van der Waals surface area (Å²) in [6.45, 7) is 1.05. The summed E-state index contributed by atoms with van der Waals surface area (Å²) >= 11 is 0. The molecule has 2 N–H and O–H groups in total. The van der Waals surface area contributed by atoms with E-state index < -0.39 is 0 Å². The molecule has 1 saturated heterocycles. The molecule has 1 atom stereocenters. The van der Waals surface area contributed by atoms with Gasteiger partial charge in [0.15, 0.2) is 0 Å². The van der Waals surface area contributed by atoms with Gasteiger partial charge in [-0.15, -0.1) is 0 Å². The van der Waals surface area contributed by atoms with Gasteiger partial charge in [-0.2, -0.15) is 5.10 Å². The van der Waals surface area contributed by atoms with Gasteiger partial charge in [0.1, 0.15) is 5.82 Å². The Morgan fingerprint density at radius 2 is 2.00 bits per heavy atom. The predicted octanol–water partition coefficient (Wildman–Crippen LogP) is 2.20. The second-order valence-corrected chi connectivity index (χ2v) is 7.08. The molecule has 1 aliphatic heterocycles. The molecule has 0 radical (unpaired) electrons. The van der Waals surface area contributed by atoms with E-state index >= 15 is 0 Å². The lowest BCUT2D eigenvalue weighted by atomic mass is 10.1. The number of nitrogens with one attached hydrogen (secondary N) is 2. The van der Waals surface area contributed by atoms with Crippen LogP contribution in [-0.2, 0) is 22.4 Å². The molecule has 1 aliphatic rings. The summed E-state index contributed by atoms with van der Waals surface area (Å²) in [5.74, 6) is -0.374. The zero-order valence-electron chi connectivity index (χ0n) is 15.3. The molecule has 0 unspecified atom stereocenters. The first-order valence-corrected chi connectivity index (χ1v) is 9.32. The number of likely N-dealkylation sites (tertiary alicyclic amines) is 1. The van der Waals surface area contributed by atoms with Crippen molar-refractivity contribution < 1.29 is 14.0 Å². The number of fused-ring (bicyclic) bond motifs is 1. The zero-order chi connectivity index (χ0) is 19.5. The van der Waals surface area contributed by atoms with Gasteiger partial charge in [0.25, 0.3) is 0 Å². The molecule has 1 aromatic heterocycles. The number of rotatable bonds is 6. The Labute approximate surface area is 161 Å². The van der Waals surface area contributed by atoms with Crippen LogP contribution in [0.3, 0.4) is 0 Å². The van der Waals surface area contributed by atoms with Crippen molar-refractivity contribution in [2.75, 3.05) is 13.1 Å². The zero-order valence-corrected chi connectivity index (χ0v) is 15.3. The molecule has 0 saturated carbocycles. The number of aromatic amines is 1. The molecule has 0 aliphatic carbocycles. The van der Waals surface area contributed by atoms with Crippen LogP contribution in [0.1, 0.15) is 17.7 Å². The Hall–Kier alpha value is -3.22. The van der Waals surface area contributed by atoms with Gasteiger partial charge in [0.05, 0.1) is 23.7 Å². The molecule has 2 aromatic carbocycles. The van der Waals surface area contributed by atoms with Crippen LogP contribution in [0, 0.1) is 5.82 Å². The van der Waals surface area contributed by atoms with Gasteiger partial charge < -0.3 is 10.2 Å². The molecule has 6 nitrogen and oxygen atoms in total. The summed E-state index contributed by atoms with van der Waals surface area (Å²) in [5, 5.41) is 11.0. The van der Waals surface area contributed by atoms with Crippen LogP contribution < -0.4 is 5.32 Å². The highest BCUT2D eigenvalue weighted by Gasteiger charge is 2.30. The second-order valence-electron chi connectivity index (χ2n) is 7.08. The Bertz CT molecular complexity index is 999. The highest BCUT2D eigenvalue weighted by Crippen LogP contribution is 2.16. The Morgan fingerprint density at radius 1 is 1.21 bits per heavy atom. The minimum atomic E-state index is -0.270. The lowest BCUT2D eigenvalue weighted by Crippen LogP contribution is -2.38. The first kappa shape index (κ1) is 18.2. The van der Waals surface area contributed by atoms with Gasteiger partial charge in [-0.3, -0.25) is 14.7 Å². The van der Waals surface area contributed by atoms with E-state index in [-0.39, 0.29) is 30.1 Å². The summed E-state index contributed by atoms with van der Waals surface area (Å²) in [6.07, 6.45) is 1.16. The molecule has 3 aromatic rings. The number of carbonyl (C=O) groups excluding carboxylic acids is 2. The summed E-state index contributed by atoms with van der Waals surface area (Å²) < 4.78 is 13.0. The van der Waals surface area contributed by atoms with Gasteiger partial charge >= 0.3 is 0 Å². The maximum atomic E-state index is 13.0. The van der Waals surface area contributed by atoms with Crippen molar-refractivity contribution in [2.24, 2.45) is 0 Å². The van der Waals surface area contributed by atoms with Crippen LogP contribution in [0.25, 0.3) is 10.9 Å². The van der Waals surface area contributed by atoms with Crippen LogP contribution in [0.15, 0.2) is 48.5 Å². The molecule has 2 heterocycles. The van der Waals surface area contributed by atoms with Crippen molar-refractivity contribution in [3.8, 4) is 0 Å². The third kappa shape index (κ3) is 4.03. The number of H-pyrrole nitrogens is 1. The third-order valence-corrected chi connectivity index (χ3v) is 5.04. The van der Waals surface area contributed by atoms with Crippen LogP contribution in [0.2, 0.25) is 0 Å². The van der Waals surface area contributed by atoms with Crippen LogP contribution >= 0.6 is 0 Å². The molecule has 0 bridgehead atoms. The fourth-order valence-corrected chi connectivity index (χ4v) is 3.59. The lowest BCUT2D eigenvalue weighted by molar-refractivity contribution is -0.127. The molecule has 4 rings (SSSR count). The SMILES string of the molecule is O=C(Cc1[nH]nc2ccccc12)N[C@@H]1CC(=O)N(CCc2ccc(F)cc2)C1. The number of carbonyl (C=O) groups is 2. The molecule has 2 amide bonds. The van der Waals surface area contributed by atoms with E-state index in [1.165, 1.54) is 12.1 Å².